The Hall–Kier alpha value is -2.18. The molecule has 0 saturated heterocycles. The number of carbonyl (C=O) groups excluding carboxylic acids is 1. The third-order valence-corrected chi connectivity index (χ3v) is 2.66. The summed E-state index contributed by atoms with van der Waals surface area (Å²) in [5, 5.41) is 16.1. The molecular weight excluding hydrogens is 253 g/mol. The normalized spacial score (nSPS) is 12.1. The second kappa shape index (κ2) is 6.12. The predicted octanol–water partition coefficient (Wildman–Crippen LogP) is 1.92. The van der Waals surface area contributed by atoms with Gasteiger partial charge in [0.15, 0.2) is 0 Å². The quantitative estimate of drug-likeness (QED) is 0.631. The number of halogens is 1. The zero-order chi connectivity index (χ0) is 14.6. The molecule has 1 aromatic carbocycles. The predicted molar refractivity (Wildman–Crippen MR) is 69.4 cm³/mol. The number of nitrogens with zero attached hydrogens (tertiary/aromatic N) is 1. The summed E-state index contributed by atoms with van der Waals surface area (Å²) >= 11 is 0. The minimum atomic E-state index is -0.696. The number of nitro benzene ring substituents is 1. The number of nitro groups is 1. The van der Waals surface area contributed by atoms with Crippen LogP contribution in [0.15, 0.2) is 18.2 Å². The molecule has 6 nitrogen and oxygen atoms in total. The highest BCUT2D eigenvalue weighted by Gasteiger charge is 2.24. The van der Waals surface area contributed by atoms with Crippen molar-refractivity contribution in [2.75, 3.05) is 12.4 Å². The average Bonchev–Trinajstić information content (AvgIpc) is 2.35. The SMILES string of the molecule is CNC(=O)C(Nc1ccc(F)cc1[N+](=O)[O-])C(C)C. The van der Waals surface area contributed by atoms with Gasteiger partial charge in [-0.3, -0.25) is 14.9 Å². The molecule has 1 rings (SSSR count). The van der Waals surface area contributed by atoms with E-state index in [9.17, 15) is 19.3 Å². The van der Waals surface area contributed by atoms with E-state index in [2.05, 4.69) is 10.6 Å². The van der Waals surface area contributed by atoms with Crippen LogP contribution in [0.1, 0.15) is 13.8 Å². The summed E-state index contributed by atoms with van der Waals surface area (Å²) in [6, 6.07) is 2.56. The Kier molecular flexibility index (Phi) is 4.80. The molecule has 0 fully saturated rings. The van der Waals surface area contributed by atoms with Gasteiger partial charge >= 0.3 is 0 Å². The molecule has 0 bridgehead atoms. The molecule has 7 heteroatoms. The number of benzene rings is 1. The number of amides is 1. The van der Waals surface area contributed by atoms with E-state index in [-0.39, 0.29) is 17.5 Å². The van der Waals surface area contributed by atoms with E-state index in [4.69, 9.17) is 0 Å². The molecule has 1 unspecified atom stereocenters. The smallest absolute Gasteiger partial charge is 0.295 e. The lowest BCUT2D eigenvalue weighted by Crippen LogP contribution is -2.41. The van der Waals surface area contributed by atoms with E-state index in [0.29, 0.717) is 0 Å². The van der Waals surface area contributed by atoms with Crippen LogP contribution in [-0.2, 0) is 4.79 Å². The Labute approximate surface area is 110 Å². The van der Waals surface area contributed by atoms with Crippen LogP contribution in [0.3, 0.4) is 0 Å². The van der Waals surface area contributed by atoms with Gasteiger partial charge in [-0.2, -0.15) is 0 Å². The molecule has 0 aliphatic rings. The van der Waals surface area contributed by atoms with Crippen LogP contribution in [0.25, 0.3) is 0 Å². The highest BCUT2D eigenvalue weighted by molar-refractivity contribution is 5.85. The van der Waals surface area contributed by atoms with E-state index < -0.39 is 22.5 Å². The van der Waals surface area contributed by atoms with Gasteiger partial charge in [-0.1, -0.05) is 13.8 Å². The molecular formula is C12H16FN3O3. The van der Waals surface area contributed by atoms with Crippen molar-refractivity contribution < 1.29 is 14.1 Å². The van der Waals surface area contributed by atoms with Crippen LogP contribution in [0, 0.1) is 21.8 Å². The molecule has 0 aliphatic carbocycles. The third kappa shape index (κ3) is 3.64. The first kappa shape index (κ1) is 14.9. The van der Waals surface area contributed by atoms with Gasteiger partial charge in [-0.15, -0.1) is 0 Å². The first-order valence-electron chi connectivity index (χ1n) is 5.79. The Balaban J connectivity index is 3.09. The number of nitrogens with one attached hydrogen (secondary N) is 2. The molecule has 0 heterocycles. The maximum Gasteiger partial charge on any atom is 0.295 e. The Morgan fingerprint density at radius 2 is 2.05 bits per heavy atom. The maximum atomic E-state index is 13.0. The highest BCUT2D eigenvalue weighted by Crippen LogP contribution is 2.26. The van der Waals surface area contributed by atoms with E-state index in [0.717, 1.165) is 12.1 Å². The van der Waals surface area contributed by atoms with Crippen molar-refractivity contribution in [3.8, 4) is 0 Å². The fourth-order valence-corrected chi connectivity index (χ4v) is 1.64. The van der Waals surface area contributed by atoms with Crippen molar-refractivity contribution in [3.63, 3.8) is 0 Å². The van der Waals surface area contributed by atoms with Gasteiger partial charge in [0.1, 0.15) is 17.5 Å². The number of rotatable bonds is 5. The topological polar surface area (TPSA) is 84.3 Å². The van der Waals surface area contributed by atoms with Gasteiger partial charge in [0.2, 0.25) is 5.91 Å². The van der Waals surface area contributed by atoms with Gasteiger partial charge in [0.05, 0.1) is 11.0 Å². The van der Waals surface area contributed by atoms with E-state index in [1.165, 1.54) is 13.1 Å². The number of hydrogen-bond donors (Lipinski definition) is 2. The molecule has 1 aromatic rings. The molecule has 1 amide bonds. The average molecular weight is 269 g/mol. The van der Waals surface area contributed by atoms with E-state index in [1.807, 2.05) is 13.8 Å². The molecule has 0 spiro atoms. The zero-order valence-corrected chi connectivity index (χ0v) is 10.9. The lowest BCUT2D eigenvalue weighted by atomic mass is 10.0. The number of likely N-dealkylation sites (N-methyl/N-ethyl adjacent to an activating group) is 1. The van der Waals surface area contributed by atoms with E-state index >= 15 is 0 Å². The van der Waals surface area contributed by atoms with Crippen LogP contribution in [-0.4, -0.2) is 23.9 Å². The molecule has 2 N–H and O–H groups in total. The summed E-state index contributed by atoms with van der Waals surface area (Å²) in [6.07, 6.45) is 0. The van der Waals surface area contributed by atoms with Crippen LogP contribution >= 0.6 is 0 Å². The first-order chi connectivity index (χ1) is 8.86. The fraction of sp³-hybridized carbons (Fsp3) is 0.417. The van der Waals surface area contributed by atoms with Gasteiger partial charge < -0.3 is 10.6 Å². The summed E-state index contributed by atoms with van der Waals surface area (Å²) in [6.45, 7) is 3.62. The van der Waals surface area contributed by atoms with Crippen molar-refractivity contribution >= 4 is 17.3 Å². The van der Waals surface area contributed by atoms with Crippen LogP contribution in [0.4, 0.5) is 15.8 Å². The highest BCUT2D eigenvalue weighted by atomic mass is 19.1. The maximum absolute atomic E-state index is 13.0. The minimum Gasteiger partial charge on any atom is -0.368 e. The van der Waals surface area contributed by atoms with Crippen LogP contribution in [0.2, 0.25) is 0 Å². The van der Waals surface area contributed by atoms with Crippen molar-refractivity contribution in [1.29, 1.82) is 0 Å². The summed E-state index contributed by atoms with van der Waals surface area (Å²) in [5.74, 6) is -1.06. The summed E-state index contributed by atoms with van der Waals surface area (Å²) < 4.78 is 13.0. The molecule has 0 aliphatic heterocycles. The van der Waals surface area contributed by atoms with Gasteiger partial charge in [0.25, 0.3) is 5.69 Å². The van der Waals surface area contributed by atoms with Crippen molar-refractivity contribution in [3.05, 3.63) is 34.1 Å². The van der Waals surface area contributed by atoms with Crippen molar-refractivity contribution in [1.82, 2.24) is 5.32 Å². The Morgan fingerprint density at radius 1 is 1.42 bits per heavy atom. The van der Waals surface area contributed by atoms with E-state index in [1.54, 1.807) is 0 Å². The second-order valence-electron chi connectivity index (χ2n) is 4.40. The zero-order valence-electron chi connectivity index (χ0n) is 10.9. The summed E-state index contributed by atoms with van der Waals surface area (Å²) in [7, 11) is 1.48. The summed E-state index contributed by atoms with van der Waals surface area (Å²) in [4.78, 5) is 21.9. The standard InChI is InChI=1S/C12H16FN3O3/c1-7(2)11(12(17)14-3)15-9-5-4-8(13)6-10(9)16(18)19/h4-7,11,15H,1-3H3,(H,14,17). The molecule has 19 heavy (non-hydrogen) atoms. The fourth-order valence-electron chi connectivity index (χ4n) is 1.64. The number of hydrogen-bond acceptors (Lipinski definition) is 4. The van der Waals surface area contributed by atoms with Crippen molar-refractivity contribution in [2.24, 2.45) is 5.92 Å². The summed E-state index contributed by atoms with van der Waals surface area (Å²) in [5.41, 5.74) is -0.275. The largest absolute Gasteiger partial charge is 0.368 e. The minimum absolute atomic E-state index is 0.0791. The molecule has 0 aromatic heterocycles. The first-order valence-corrected chi connectivity index (χ1v) is 5.79. The van der Waals surface area contributed by atoms with Gasteiger partial charge in [0, 0.05) is 7.05 Å². The Bertz CT molecular complexity index is 491. The second-order valence-corrected chi connectivity index (χ2v) is 4.40. The lowest BCUT2D eigenvalue weighted by Gasteiger charge is -2.21. The molecule has 0 radical (unpaired) electrons. The molecule has 1 atom stereocenters. The van der Waals surface area contributed by atoms with Crippen LogP contribution < -0.4 is 10.6 Å². The third-order valence-electron chi connectivity index (χ3n) is 2.66. The lowest BCUT2D eigenvalue weighted by molar-refractivity contribution is -0.384. The van der Waals surface area contributed by atoms with Gasteiger partial charge in [-0.05, 0) is 18.1 Å². The van der Waals surface area contributed by atoms with Crippen molar-refractivity contribution in [2.45, 2.75) is 19.9 Å². The number of carbonyl (C=O) groups is 1. The Morgan fingerprint density at radius 3 is 2.53 bits per heavy atom. The number of anilines is 1. The van der Waals surface area contributed by atoms with Crippen LogP contribution in [0.5, 0.6) is 0 Å². The van der Waals surface area contributed by atoms with Gasteiger partial charge in [-0.25, -0.2) is 4.39 Å². The monoisotopic (exact) mass is 269 g/mol. The molecule has 104 valence electrons. The molecule has 0 saturated carbocycles.